The lowest BCUT2D eigenvalue weighted by Gasteiger charge is -2.15. The molecule has 0 atom stereocenters. The molecule has 0 saturated carbocycles. The van der Waals surface area contributed by atoms with E-state index in [1.54, 1.807) is 37.2 Å². The number of hydrogen-bond acceptors (Lipinski definition) is 5. The van der Waals surface area contributed by atoms with Crippen molar-refractivity contribution in [3.63, 3.8) is 0 Å². The molecule has 2 N–H and O–H groups in total. The predicted molar refractivity (Wildman–Crippen MR) is 115 cm³/mol. The van der Waals surface area contributed by atoms with Gasteiger partial charge in [0.2, 0.25) is 0 Å². The minimum atomic E-state index is -0.261. The second-order valence-corrected chi connectivity index (χ2v) is 7.16. The van der Waals surface area contributed by atoms with E-state index >= 15 is 0 Å². The van der Waals surface area contributed by atoms with Crippen LogP contribution in [0.15, 0.2) is 36.7 Å². The molecule has 0 unspecified atom stereocenters. The average Bonchev–Trinajstić information content (AvgIpc) is 3.34. The first kappa shape index (κ1) is 19.5. The number of carbonyl (C=O) groups excluding carboxylic acids is 1. The van der Waals surface area contributed by atoms with Crippen molar-refractivity contribution in [1.82, 2.24) is 20.0 Å². The van der Waals surface area contributed by atoms with Crippen molar-refractivity contribution in [3.8, 4) is 22.8 Å². The molecule has 0 saturated heterocycles. The van der Waals surface area contributed by atoms with Crippen LogP contribution in [0.3, 0.4) is 0 Å². The molecule has 2 aromatic heterocycles. The van der Waals surface area contributed by atoms with E-state index in [0.717, 1.165) is 44.7 Å². The van der Waals surface area contributed by atoms with Gasteiger partial charge in [0.1, 0.15) is 17.2 Å². The van der Waals surface area contributed by atoms with Crippen molar-refractivity contribution < 1.29 is 14.3 Å². The molecule has 2 aromatic carbocycles. The summed E-state index contributed by atoms with van der Waals surface area (Å²) in [4.78, 5) is 13.2. The van der Waals surface area contributed by atoms with Crippen LogP contribution in [0.2, 0.25) is 0 Å². The number of aryl methyl sites for hydroxylation is 3. The Morgan fingerprint density at radius 1 is 1.10 bits per heavy atom. The van der Waals surface area contributed by atoms with Gasteiger partial charge in [0, 0.05) is 35.9 Å². The number of amides is 1. The molecule has 0 radical (unpaired) electrons. The fourth-order valence-corrected chi connectivity index (χ4v) is 3.57. The molecule has 0 bridgehead atoms. The van der Waals surface area contributed by atoms with Crippen LogP contribution in [0.25, 0.3) is 22.2 Å². The van der Waals surface area contributed by atoms with Gasteiger partial charge in [-0.15, -0.1) is 0 Å². The molecule has 4 rings (SSSR count). The second kappa shape index (κ2) is 7.55. The van der Waals surface area contributed by atoms with Gasteiger partial charge < -0.3 is 14.8 Å². The van der Waals surface area contributed by atoms with Crippen molar-refractivity contribution in [2.24, 2.45) is 7.05 Å². The summed E-state index contributed by atoms with van der Waals surface area (Å²) in [7, 11) is 5.01. The summed E-state index contributed by atoms with van der Waals surface area (Å²) < 4.78 is 12.5. The number of nitrogens with one attached hydrogen (secondary N) is 2. The normalized spacial score (nSPS) is 11.0. The lowest BCUT2D eigenvalue weighted by Crippen LogP contribution is -2.15. The summed E-state index contributed by atoms with van der Waals surface area (Å²) in [5.74, 6) is 0.954. The first-order valence-corrected chi connectivity index (χ1v) is 9.43. The van der Waals surface area contributed by atoms with Gasteiger partial charge in [0.15, 0.2) is 0 Å². The van der Waals surface area contributed by atoms with E-state index in [4.69, 9.17) is 9.47 Å². The number of ether oxygens (including phenoxy) is 2. The molecular weight excluding hydrogens is 382 g/mol. The van der Waals surface area contributed by atoms with E-state index in [2.05, 4.69) is 20.6 Å². The third-order valence-electron chi connectivity index (χ3n) is 5.09. The maximum atomic E-state index is 13.2. The Bertz CT molecular complexity index is 1230. The van der Waals surface area contributed by atoms with Crippen LogP contribution in [-0.2, 0) is 7.05 Å². The van der Waals surface area contributed by atoms with Crippen molar-refractivity contribution >= 4 is 22.5 Å². The number of methoxy groups -OCH3 is 2. The van der Waals surface area contributed by atoms with Crippen LogP contribution in [0.1, 0.15) is 21.5 Å². The van der Waals surface area contributed by atoms with Gasteiger partial charge in [-0.05, 0) is 43.2 Å². The summed E-state index contributed by atoms with van der Waals surface area (Å²) in [6.07, 6.45) is 3.62. The summed E-state index contributed by atoms with van der Waals surface area (Å²) in [6.45, 7) is 3.87. The Hall–Kier alpha value is -3.81. The second-order valence-electron chi connectivity index (χ2n) is 7.16. The lowest BCUT2D eigenvalue weighted by molar-refractivity contribution is 0.102. The van der Waals surface area contributed by atoms with E-state index in [9.17, 15) is 4.79 Å². The molecule has 0 aliphatic carbocycles. The molecule has 0 fully saturated rings. The lowest BCUT2D eigenvalue weighted by atomic mass is 10.0. The Balaban J connectivity index is 1.77. The topological polar surface area (TPSA) is 94.1 Å². The van der Waals surface area contributed by atoms with Crippen LogP contribution < -0.4 is 14.8 Å². The highest BCUT2D eigenvalue weighted by Crippen LogP contribution is 2.33. The van der Waals surface area contributed by atoms with E-state index < -0.39 is 0 Å². The Kier molecular flexibility index (Phi) is 4.91. The summed E-state index contributed by atoms with van der Waals surface area (Å²) in [5.41, 5.74) is 5.38. The van der Waals surface area contributed by atoms with Crippen LogP contribution in [0.5, 0.6) is 11.5 Å². The summed E-state index contributed by atoms with van der Waals surface area (Å²) in [5, 5.41) is 15.5. The first-order chi connectivity index (χ1) is 14.4. The molecule has 1 amide bonds. The van der Waals surface area contributed by atoms with Crippen LogP contribution >= 0.6 is 0 Å². The van der Waals surface area contributed by atoms with Crippen molar-refractivity contribution in [2.45, 2.75) is 13.8 Å². The van der Waals surface area contributed by atoms with E-state index in [1.165, 1.54) is 0 Å². The van der Waals surface area contributed by atoms with Crippen LogP contribution in [0.4, 0.5) is 5.69 Å². The van der Waals surface area contributed by atoms with Gasteiger partial charge in [0.05, 0.1) is 31.5 Å². The number of carbonyl (C=O) groups is 1. The van der Waals surface area contributed by atoms with Gasteiger partial charge in [0.25, 0.3) is 5.91 Å². The molecule has 154 valence electrons. The van der Waals surface area contributed by atoms with Crippen molar-refractivity contribution in [1.29, 1.82) is 0 Å². The van der Waals surface area contributed by atoms with E-state index in [-0.39, 0.29) is 5.91 Å². The minimum Gasteiger partial charge on any atom is -0.497 e. The fourth-order valence-electron chi connectivity index (χ4n) is 3.57. The fraction of sp³-hybridized carbons (Fsp3) is 0.227. The largest absolute Gasteiger partial charge is 0.497 e. The number of aromatic nitrogens is 4. The number of H-pyrrole nitrogens is 1. The maximum Gasteiger partial charge on any atom is 0.259 e. The smallest absolute Gasteiger partial charge is 0.259 e. The number of benzene rings is 2. The number of rotatable bonds is 5. The number of hydrogen-bond donors (Lipinski definition) is 2. The quantitative estimate of drug-likeness (QED) is 0.526. The van der Waals surface area contributed by atoms with Gasteiger partial charge in [-0.2, -0.15) is 10.2 Å². The molecule has 0 aliphatic rings. The minimum absolute atomic E-state index is 0.261. The zero-order chi connectivity index (χ0) is 21.4. The Labute approximate surface area is 173 Å². The van der Waals surface area contributed by atoms with Crippen LogP contribution in [0, 0.1) is 13.8 Å². The molecular formula is C22H23N5O3. The third-order valence-corrected chi connectivity index (χ3v) is 5.09. The highest BCUT2D eigenvalue weighted by Gasteiger charge is 2.19. The summed E-state index contributed by atoms with van der Waals surface area (Å²) >= 11 is 0. The molecule has 8 nitrogen and oxygen atoms in total. The monoisotopic (exact) mass is 405 g/mol. The zero-order valence-corrected chi connectivity index (χ0v) is 17.5. The number of anilines is 1. The molecule has 4 aromatic rings. The number of aromatic amines is 1. The zero-order valence-electron chi connectivity index (χ0n) is 17.5. The van der Waals surface area contributed by atoms with Crippen molar-refractivity contribution in [3.05, 3.63) is 53.3 Å². The Morgan fingerprint density at radius 3 is 2.43 bits per heavy atom. The third kappa shape index (κ3) is 3.36. The maximum absolute atomic E-state index is 13.2. The highest BCUT2D eigenvalue weighted by atomic mass is 16.5. The Morgan fingerprint density at radius 2 is 1.83 bits per heavy atom. The average molecular weight is 405 g/mol. The number of fused-ring (bicyclic) bond motifs is 1. The van der Waals surface area contributed by atoms with Crippen LogP contribution in [-0.4, -0.2) is 40.1 Å². The standard InChI is InChI=1S/C22H23N5O3/c1-12-6-15(29-4)7-13(2)20(12)24-22(28)17-8-16-18(9-19(17)30-5)25-26-21(16)14-10-23-27(3)11-14/h6-11H,1-5H3,(H,24,28)(H,25,26). The highest BCUT2D eigenvalue weighted by molar-refractivity contribution is 6.10. The summed E-state index contributed by atoms with van der Waals surface area (Å²) in [6, 6.07) is 7.35. The predicted octanol–water partition coefficient (Wildman–Crippen LogP) is 3.85. The molecule has 8 heteroatoms. The van der Waals surface area contributed by atoms with Crippen molar-refractivity contribution in [2.75, 3.05) is 19.5 Å². The first-order valence-electron chi connectivity index (χ1n) is 9.43. The van der Waals surface area contributed by atoms with Gasteiger partial charge in [-0.3, -0.25) is 14.6 Å². The van der Waals surface area contributed by atoms with E-state index in [1.807, 2.05) is 39.2 Å². The molecule has 0 spiro atoms. The van der Waals surface area contributed by atoms with Gasteiger partial charge in [-0.25, -0.2) is 0 Å². The molecule has 30 heavy (non-hydrogen) atoms. The van der Waals surface area contributed by atoms with Gasteiger partial charge >= 0.3 is 0 Å². The van der Waals surface area contributed by atoms with Gasteiger partial charge in [-0.1, -0.05) is 0 Å². The number of nitrogens with zero attached hydrogens (tertiary/aromatic N) is 3. The molecule has 2 heterocycles. The molecule has 0 aliphatic heterocycles. The SMILES string of the molecule is COc1cc(C)c(NC(=O)c2cc3c(-c4cnn(C)c4)n[nH]c3cc2OC)c(C)c1. The van der Waals surface area contributed by atoms with E-state index in [0.29, 0.717) is 11.3 Å².